The van der Waals surface area contributed by atoms with Gasteiger partial charge in [0, 0.05) is 20.0 Å². The van der Waals surface area contributed by atoms with Crippen molar-refractivity contribution in [2.45, 2.75) is 56.7 Å². The highest BCUT2D eigenvalue weighted by Gasteiger charge is 2.32. The van der Waals surface area contributed by atoms with E-state index in [0.717, 1.165) is 25.7 Å². The quantitative estimate of drug-likeness (QED) is 0.831. The molecule has 0 atom stereocenters. The number of aliphatic hydroxyl groups is 1. The highest BCUT2D eigenvalue weighted by atomic mass is 19.4. The Kier molecular flexibility index (Phi) is 5.01. The molecule has 0 saturated heterocycles. The van der Waals surface area contributed by atoms with Gasteiger partial charge >= 0.3 is 6.18 Å². The van der Waals surface area contributed by atoms with Gasteiger partial charge < -0.3 is 10.0 Å². The minimum atomic E-state index is -4.29. The third-order valence-corrected chi connectivity index (χ3v) is 3.49. The van der Waals surface area contributed by atoms with E-state index < -0.39 is 30.5 Å². The summed E-state index contributed by atoms with van der Waals surface area (Å²) >= 11 is 0. The first-order valence-corrected chi connectivity index (χ1v) is 6.25. The third kappa shape index (κ3) is 5.25. The lowest BCUT2D eigenvalue weighted by atomic mass is 9.98. The Hall–Kier alpha value is -0.780. The summed E-state index contributed by atoms with van der Waals surface area (Å²) in [6.07, 6.45) is -2.06. The van der Waals surface area contributed by atoms with Crippen molar-refractivity contribution in [3.05, 3.63) is 0 Å². The number of amides is 1. The fourth-order valence-electron chi connectivity index (χ4n) is 2.22. The van der Waals surface area contributed by atoms with Crippen molar-refractivity contribution in [3.8, 4) is 0 Å². The van der Waals surface area contributed by atoms with Crippen LogP contribution >= 0.6 is 0 Å². The molecule has 0 aromatic heterocycles. The fourth-order valence-corrected chi connectivity index (χ4v) is 2.22. The molecule has 0 aliphatic heterocycles. The number of hydrogen-bond acceptors (Lipinski definition) is 2. The van der Waals surface area contributed by atoms with Crippen LogP contribution in [0.4, 0.5) is 13.2 Å². The highest BCUT2D eigenvalue weighted by Crippen LogP contribution is 2.32. The van der Waals surface area contributed by atoms with Crippen LogP contribution in [0.3, 0.4) is 0 Å². The molecule has 1 rings (SSSR count). The Morgan fingerprint density at radius 2 is 1.89 bits per heavy atom. The average Bonchev–Trinajstić information content (AvgIpc) is 2.69. The molecule has 1 N–H and O–H groups in total. The van der Waals surface area contributed by atoms with Crippen LogP contribution in [-0.4, -0.2) is 41.3 Å². The Balaban J connectivity index is 2.27. The molecule has 1 fully saturated rings. The maximum Gasteiger partial charge on any atom is 0.389 e. The smallest absolute Gasteiger partial charge is 0.389 e. The lowest BCUT2D eigenvalue weighted by Gasteiger charge is -2.26. The van der Waals surface area contributed by atoms with Crippen LogP contribution in [0.5, 0.6) is 0 Å². The molecule has 0 aromatic rings. The lowest BCUT2D eigenvalue weighted by molar-refractivity contribution is -0.148. The van der Waals surface area contributed by atoms with Crippen LogP contribution in [0, 0.1) is 0 Å². The molecule has 0 bridgehead atoms. The molecule has 0 unspecified atom stereocenters. The minimum Gasteiger partial charge on any atom is -0.390 e. The molecule has 106 valence electrons. The number of carbonyl (C=O) groups is 1. The molecule has 1 aliphatic rings. The van der Waals surface area contributed by atoms with Crippen molar-refractivity contribution in [2.24, 2.45) is 0 Å². The van der Waals surface area contributed by atoms with Crippen molar-refractivity contribution in [1.82, 2.24) is 4.90 Å². The Bertz CT molecular complexity index is 286. The molecule has 1 saturated carbocycles. The van der Waals surface area contributed by atoms with Crippen LogP contribution in [0.15, 0.2) is 0 Å². The van der Waals surface area contributed by atoms with Gasteiger partial charge in [0.25, 0.3) is 0 Å². The van der Waals surface area contributed by atoms with E-state index in [0.29, 0.717) is 13.0 Å². The predicted molar refractivity (Wildman–Crippen MR) is 61.0 cm³/mol. The number of halogens is 3. The summed E-state index contributed by atoms with van der Waals surface area (Å²) in [5, 5.41) is 10.1. The Labute approximate surface area is 105 Å². The van der Waals surface area contributed by atoms with Crippen LogP contribution in [0.2, 0.25) is 0 Å². The molecule has 1 aliphatic carbocycles. The van der Waals surface area contributed by atoms with Crippen molar-refractivity contribution >= 4 is 5.91 Å². The zero-order chi connectivity index (χ0) is 13.8. The maximum atomic E-state index is 12.0. The first-order valence-electron chi connectivity index (χ1n) is 6.25. The SMILES string of the molecule is CN(CCC1(O)CCCC1)C(=O)CCC(F)(F)F. The van der Waals surface area contributed by atoms with Crippen LogP contribution in [-0.2, 0) is 4.79 Å². The lowest BCUT2D eigenvalue weighted by Crippen LogP contribution is -2.34. The first kappa shape index (κ1) is 15.3. The van der Waals surface area contributed by atoms with E-state index in [1.807, 2.05) is 0 Å². The second-order valence-corrected chi connectivity index (χ2v) is 5.11. The van der Waals surface area contributed by atoms with Crippen molar-refractivity contribution in [3.63, 3.8) is 0 Å². The van der Waals surface area contributed by atoms with Gasteiger partial charge in [-0.25, -0.2) is 0 Å². The normalized spacial score (nSPS) is 18.9. The summed E-state index contributed by atoms with van der Waals surface area (Å²) in [6, 6.07) is 0. The molecule has 0 heterocycles. The highest BCUT2D eigenvalue weighted by molar-refractivity contribution is 5.75. The van der Waals surface area contributed by atoms with Crippen LogP contribution in [0.1, 0.15) is 44.9 Å². The summed E-state index contributed by atoms with van der Waals surface area (Å²) in [7, 11) is 1.48. The molecule has 6 heteroatoms. The van der Waals surface area contributed by atoms with E-state index in [4.69, 9.17) is 0 Å². The maximum absolute atomic E-state index is 12.0. The van der Waals surface area contributed by atoms with Gasteiger partial charge in [0.05, 0.1) is 12.0 Å². The number of rotatable bonds is 5. The van der Waals surface area contributed by atoms with E-state index in [9.17, 15) is 23.1 Å². The van der Waals surface area contributed by atoms with Gasteiger partial charge in [0.2, 0.25) is 5.91 Å². The third-order valence-electron chi connectivity index (χ3n) is 3.49. The fraction of sp³-hybridized carbons (Fsp3) is 0.917. The molecular formula is C12H20F3NO2. The molecule has 18 heavy (non-hydrogen) atoms. The standard InChI is InChI=1S/C12H20F3NO2/c1-16(10(17)4-7-12(13,14)15)9-8-11(18)5-2-3-6-11/h18H,2-9H2,1H3. The second kappa shape index (κ2) is 5.91. The summed E-state index contributed by atoms with van der Waals surface area (Å²) in [6.45, 7) is 0.313. The zero-order valence-electron chi connectivity index (χ0n) is 10.6. The Morgan fingerprint density at radius 3 is 2.39 bits per heavy atom. The van der Waals surface area contributed by atoms with Gasteiger partial charge in [0.15, 0.2) is 0 Å². The molecule has 1 amide bonds. The summed E-state index contributed by atoms with van der Waals surface area (Å²) in [5.74, 6) is -0.520. The van der Waals surface area contributed by atoms with E-state index >= 15 is 0 Å². The number of alkyl halides is 3. The average molecular weight is 267 g/mol. The monoisotopic (exact) mass is 267 g/mol. The van der Waals surface area contributed by atoms with Crippen molar-refractivity contribution < 1.29 is 23.1 Å². The minimum absolute atomic E-state index is 0.313. The number of hydrogen-bond donors (Lipinski definition) is 1. The second-order valence-electron chi connectivity index (χ2n) is 5.11. The van der Waals surface area contributed by atoms with Gasteiger partial charge in [-0.05, 0) is 19.3 Å². The topological polar surface area (TPSA) is 40.5 Å². The molecular weight excluding hydrogens is 247 g/mol. The molecule has 0 radical (unpaired) electrons. The first-order chi connectivity index (χ1) is 8.22. The summed E-state index contributed by atoms with van der Waals surface area (Å²) in [5.41, 5.74) is -0.724. The summed E-state index contributed by atoms with van der Waals surface area (Å²) in [4.78, 5) is 12.7. The van der Waals surface area contributed by atoms with Gasteiger partial charge in [-0.3, -0.25) is 4.79 Å². The largest absolute Gasteiger partial charge is 0.390 e. The number of carbonyl (C=O) groups excluding carboxylic acids is 1. The van der Waals surface area contributed by atoms with E-state index in [2.05, 4.69) is 0 Å². The molecule has 0 aromatic carbocycles. The van der Waals surface area contributed by atoms with Gasteiger partial charge in [-0.1, -0.05) is 12.8 Å². The summed E-state index contributed by atoms with van der Waals surface area (Å²) < 4.78 is 35.9. The van der Waals surface area contributed by atoms with Gasteiger partial charge in [-0.15, -0.1) is 0 Å². The van der Waals surface area contributed by atoms with E-state index in [-0.39, 0.29) is 0 Å². The molecule has 3 nitrogen and oxygen atoms in total. The van der Waals surface area contributed by atoms with Crippen molar-refractivity contribution in [2.75, 3.05) is 13.6 Å². The predicted octanol–water partition coefficient (Wildman–Crippen LogP) is 2.48. The zero-order valence-corrected chi connectivity index (χ0v) is 10.6. The van der Waals surface area contributed by atoms with E-state index in [1.165, 1.54) is 11.9 Å². The molecule has 0 spiro atoms. The van der Waals surface area contributed by atoms with Gasteiger partial charge in [0.1, 0.15) is 0 Å². The Morgan fingerprint density at radius 1 is 1.33 bits per heavy atom. The van der Waals surface area contributed by atoms with Crippen molar-refractivity contribution in [1.29, 1.82) is 0 Å². The van der Waals surface area contributed by atoms with Crippen LogP contribution in [0.25, 0.3) is 0 Å². The van der Waals surface area contributed by atoms with Crippen LogP contribution < -0.4 is 0 Å². The number of nitrogens with zero attached hydrogens (tertiary/aromatic N) is 1. The van der Waals surface area contributed by atoms with E-state index in [1.54, 1.807) is 0 Å². The van der Waals surface area contributed by atoms with Gasteiger partial charge in [-0.2, -0.15) is 13.2 Å².